The van der Waals surface area contributed by atoms with E-state index in [4.69, 9.17) is 18.5 Å². The molecule has 0 aromatic carbocycles. The molecule has 0 radical (unpaired) electrons. The minimum absolute atomic E-state index is 0.0307. The van der Waals surface area contributed by atoms with E-state index >= 15 is 0 Å². The standard InChI is InChI=1S/C42H84NO7P/c1-6-8-10-12-14-16-18-20-22-23-25-27-29-31-33-35-42(44)48-39-41(40-50-51(45,46)49-38-36-43(3,4)5)47-37-34-32-30-28-26-24-21-19-17-15-13-11-9-7-2/h34,37,41H,6-33,35-36,38-40H2,1-5H3/b37-34-. The van der Waals surface area contributed by atoms with Crippen molar-refractivity contribution >= 4 is 13.8 Å². The quantitative estimate of drug-likeness (QED) is 0.0203. The number of hydrogen-bond acceptors (Lipinski definition) is 7. The summed E-state index contributed by atoms with van der Waals surface area (Å²) < 4.78 is 34.3. The third-order valence-electron chi connectivity index (χ3n) is 9.44. The van der Waals surface area contributed by atoms with Gasteiger partial charge in [0.05, 0.1) is 34.0 Å². The summed E-state index contributed by atoms with van der Waals surface area (Å²) in [6.45, 7) is 4.74. The van der Waals surface area contributed by atoms with Gasteiger partial charge in [0.2, 0.25) is 0 Å². The van der Waals surface area contributed by atoms with E-state index in [0.29, 0.717) is 17.4 Å². The van der Waals surface area contributed by atoms with Crippen molar-refractivity contribution in [3.8, 4) is 0 Å². The molecule has 0 aromatic heterocycles. The fourth-order valence-corrected chi connectivity index (χ4v) is 6.73. The molecule has 0 aliphatic carbocycles. The van der Waals surface area contributed by atoms with Gasteiger partial charge in [-0.1, -0.05) is 174 Å². The Balaban J connectivity index is 4.26. The number of ether oxygens (including phenoxy) is 2. The minimum atomic E-state index is -4.51. The number of allylic oxidation sites excluding steroid dienone is 1. The number of phosphoric acid groups is 1. The lowest BCUT2D eigenvalue weighted by Crippen LogP contribution is -2.37. The first-order chi connectivity index (χ1) is 24.6. The van der Waals surface area contributed by atoms with Gasteiger partial charge in [-0.25, -0.2) is 0 Å². The van der Waals surface area contributed by atoms with Gasteiger partial charge < -0.3 is 27.9 Å². The molecule has 0 aliphatic rings. The predicted octanol–water partition coefficient (Wildman–Crippen LogP) is 12.0. The Morgan fingerprint density at radius 3 is 1.45 bits per heavy atom. The second kappa shape index (κ2) is 36.1. The van der Waals surface area contributed by atoms with Crippen LogP contribution in [-0.2, 0) is 27.9 Å². The van der Waals surface area contributed by atoms with Crippen LogP contribution in [0.1, 0.15) is 200 Å². The number of likely N-dealkylation sites (N-methyl/N-ethyl adjacent to an activating group) is 1. The second-order valence-corrected chi connectivity index (χ2v) is 17.2. The average Bonchev–Trinajstić information content (AvgIpc) is 3.08. The highest BCUT2D eigenvalue weighted by molar-refractivity contribution is 7.45. The molecule has 0 bridgehead atoms. The molecule has 51 heavy (non-hydrogen) atoms. The van der Waals surface area contributed by atoms with Crippen LogP contribution < -0.4 is 4.89 Å². The number of rotatable bonds is 40. The molecule has 0 saturated carbocycles. The first-order valence-corrected chi connectivity index (χ1v) is 22.9. The number of carbonyl (C=O) groups excluding carboxylic acids is 1. The Labute approximate surface area is 316 Å². The molecule has 304 valence electrons. The number of esters is 1. The van der Waals surface area contributed by atoms with E-state index < -0.39 is 13.9 Å². The molecule has 0 saturated heterocycles. The average molecular weight is 746 g/mol. The van der Waals surface area contributed by atoms with Crippen LogP contribution in [0.15, 0.2) is 12.3 Å². The van der Waals surface area contributed by atoms with Crippen molar-refractivity contribution in [2.45, 2.75) is 206 Å². The molecule has 0 heterocycles. The van der Waals surface area contributed by atoms with Crippen LogP contribution in [0, 0.1) is 0 Å². The Bertz CT molecular complexity index is 833. The van der Waals surface area contributed by atoms with E-state index in [2.05, 4.69) is 13.8 Å². The Morgan fingerprint density at radius 1 is 0.608 bits per heavy atom. The fraction of sp³-hybridized carbons (Fsp3) is 0.929. The van der Waals surface area contributed by atoms with Crippen LogP contribution in [0.5, 0.6) is 0 Å². The second-order valence-electron chi connectivity index (χ2n) is 15.8. The molecule has 0 rings (SSSR count). The zero-order valence-electron chi connectivity index (χ0n) is 34.3. The van der Waals surface area contributed by atoms with Gasteiger partial charge in [-0.15, -0.1) is 0 Å². The summed E-state index contributed by atoms with van der Waals surface area (Å²) in [7, 11) is 1.37. The van der Waals surface area contributed by atoms with Gasteiger partial charge in [0.1, 0.15) is 19.8 Å². The molecular formula is C42H84NO7P. The van der Waals surface area contributed by atoms with Gasteiger partial charge in [-0.05, 0) is 25.3 Å². The number of phosphoric ester groups is 1. The molecule has 2 unspecified atom stereocenters. The zero-order valence-corrected chi connectivity index (χ0v) is 35.2. The Hall–Kier alpha value is -0.920. The minimum Gasteiger partial charge on any atom is -0.756 e. The van der Waals surface area contributed by atoms with Crippen molar-refractivity contribution < 1.29 is 37.3 Å². The summed E-state index contributed by atoms with van der Waals surface area (Å²) in [6.07, 6.45) is 38.9. The third-order valence-corrected chi connectivity index (χ3v) is 10.4. The Morgan fingerprint density at radius 2 is 1.02 bits per heavy atom. The largest absolute Gasteiger partial charge is 0.756 e. The van der Waals surface area contributed by atoms with Crippen molar-refractivity contribution in [1.82, 2.24) is 0 Å². The van der Waals surface area contributed by atoms with Crippen LogP contribution in [0.4, 0.5) is 0 Å². The molecule has 0 amide bonds. The smallest absolute Gasteiger partial charge is 0.305 e. The first kappa shape index (κ1) is 50.1. The predicted molar refractivity (Wildman–Crippen MR) is 213 cm³/mol. The van der Waals surface area contributed by atoms with Gasteiger partial charge in [-0.3, -0.25) is 9.36 Å². The summed E-state index contributed by atoms with van der Waals surface area (Å²) in [5.74, 6) is -0.289. The lowest BCUT2D eigenvalue weighted by molar-refractivity contribution is -0.870. The van der Waals surface area contributed by atoms with E-state index in [9.17, 15) is 14.3 Å². The molecule has 2 atom stereocenters. The van der Waals surface area contributed by atoms with Crippen LogP contribution in [-0.4, -0.2) is 64.1 Å². The van der Waals surface area contributed by atoms with Crippen LogP contribution in [0.3, 0.4) is 0 Å². The van der Waals surface area contributed by atoms with E-state index in [1.54, 1.807) is 6.26 Å². The normalized spacial score (nSPS) is 13.8. The van der Waals surface area contributed by atoms with Gasteiger partial charge in [0.25, 0.3) is 7.82 Å². The van der Waals surface area contributed by atoms with Crippen molar-refractivity contribution in [3.05, 3.63) is 12.3 Å². The zero-order chi connectivity index (χ0) is 37.7. The SMILES string of the molecule is CCCCCCCCCCCCCC/C=C\OC(COC(=O)CCCCCCCCCCCCCCCCC)COP(=O)([O-])OCC[N+](C)(C)C. The topological polar surface area (TPSA) is 94.1 Å². The molecule has 0 spiro atoms. The molecule has 8 nitrogen and oxygen atoms in total. The van der Waals surface area contributed by atoms with Crippen LogP contribution in [0.25, 0.3) is 0 Å². The molecule has 0 fully saturated rings. The van der Waals surface area contributed by atoms with E-state index in [-0.39, 0.29) is 25.8 Å². The molecule has 0 aromatic rings. The van der Waals surface area contributed by atoms with Gasteiger partial charge in [0.15, 0.2) is 6.10 Å². The first-order valence-electron chi connectivity index (χ1n) is 21.5. The Kier molecular flexibility index (Phi) is 35.4. The summed E-state index contributed by atoms with van der Waals surface area (Å²) in [5.41, 5.74) is 0. The van der Waals surface area contributed by atoms with Gasteiger partial charge in [0, 0.05) is 6.42 Å². The van der Waals surface area contributed by atoms with E-state index in [1.165, 1.54) is 148 Å². The maximum Gasteiger partial charge on any atom is 0.305 e. The van der Waals surface area contributed by atoms with Crippen LogP contribution in [0.2, 0.25) is 0 Å². The molecule has 0 N–H and O–H groups in total. The summed E-state index contributed by atoms with van der Waals surface area (Å²) in [6, 6.07) is 0. The van der Waals surface area contributed by atoms with Gasteiger partial charge in [-0.2, -0.15) is 0 Å². The molecule has 9 heteroatoms. The van der Waals surface area contributed by atoms with E-state index in [1.807, 2.05) is 27.2 Å². The van der Waals surface area contributed by atoms with Crippen molar-refractivity contribution in [3.63, 3.8) is 0 Å². The van der Waals surface area contributed by atoms with Crippen molar-refractivity contribution in [2.75, 3.05) is 47.5 Å². The molecular weight excluding hydrogens is 661 g/mol. The van der Waals surface area contributed by atoms with Crippen molar-refractivity contribution in [2.24, 2.45) is 0 Å². The van der Waals surface area contributed by atoms with Crippen molar-refractivity contribution in [1.29, 1.82) is 0 Å². The van der Waals surface area contributed by atoms with Gasteiger partial charge >= 0.3 is 5.97 Å². The highest BCUT2D eigenvalue weighted by atomic mass is 31.2. The molecule has 0 aliphatic heterocycles. The maximum absolute atomic E-state index is 12.5. The van der Waals surface area contributed by atoms with E-state index in [0.717, 1.165) is 32.1 Å². The number of carbonyl (C=O) groups is 1. The number of quaternary nitrogens is 1. The lowest BCUT2D eigenvalue weighted by Gasteiger charge is -2.28. The lowest BCUT2D eigenvalue weighted by atomic mass is 10.0. The highest BCUT2D eigenvalue weighted by Crippen LogP contribution is 2.38. The maximum atomic E-state index is 12.5. The number of hydrogen-bond donors (Lipinski definition) is 0. The number of nitrogens with zero attached hydrogens (tertiary/aromatic N) is 1. The summed E-state index contributed by atoms with van der Waals surface area (Å²) in [4.78, 5) is 24.8. The monoisotopic (exact) mass is 746 g/mol. The fourth-order valence-electron chi connectivity index (χ4n) is 6.00. The highest BCUT2D eigenvalue weighted by Gasteiger charge is 2.19. The third kappa shape index (κ3) is 40.1. The van der Waals surface area contributed by atoms with Crippen LogP contribution >= 0.6 is 7.82 Å². The summed E-state index contributed by atoms with van der Waals surface area (Å²) >= 11 is 0. The number of unbranched alkanes of at least 4 members (excludes halogenated alkanes) is 26. The summed E-state index contributed by atoms with van der Waals surface area (Å²) in [5, 5.41) is 0.